The fourth-order valence-electron chi connectivity index (χ4n) is 2.38. The second-order valence-electron chi connectivity index (χ2n) is 5.50. The summed E-state index contributed by atoms with van der Waals surface area (Å²) in [5.41, 5.74) is 1.66. The molecule has 0 amide bonds. The van der Waals surface area contributed by atoms with Crippen molar-refractivity contribution in [1.82, 2.24) is 10.6 Å². The number of carboxylic acid groups (broad SMARTS) is 2. The molecule has 7 nitrogen and oxygen atoms in total. The normalized spacial score (nSPS) is 18.8. The van der Waals surface area contributed by atoms with Gasteiger partial charge in [-0.2, -0.15) is 0 Å². The van der Waals surface area contributed by atoms with Crippen LogP contribution in [0.25, 0.3) is 0 Å². The molecule has 5 N–H and O–H groups in total. The summed E-state index contributed by atoms with van der Waals surface area (Å²) in [4.78, 5) is 22.1. The number of hydrogen-bond donors (Lipinski definition) is 5. The predicted molar refractivity (Wildman–Crippen MR) is 87.7 cm³/mol. The number of phenolic OH excluding ortho intramolecular Hbond substituents is 1. The van der Waals surface area contributed by atoms with Gasteiger partial charge < -0.3 is 26.0 Å². The first kappa shape index (κ1) is 17.6. The van der Waals surface area contributed by atoms with Gasteiger partial charge in [-0.05, 0) is 42.3 Å². The molecular weight excluding hydrogens is 312 g/mol. The lowest BCUT2D eigenvalue weighted by Gasteiger charge is -2.22. The van der Waals surface area contributed by atoms with E-state index in [-0.39, 0.29) is 17.9 Å². The molecule has 1 atom stereocenters. The lowest BCUT2D eigenvalue weighted by atomic mass is 10.00. The number of carboxylic acids is 2. The van der Waals surface area contributed by atoms with E-state index in [2.05, 4.69) is 10.6 Å². The van der Waals surface area contributed by atoms with Crippen LogP contribution in [0.15, 0.2) is 47.7 Å². The van der Waals surface area contributed by atoms with Crippen molar-refractivity contribution in [3.05, 3.63) is 53.3 Å². The van der Waals surface area contributed by atoms with Gasteiger partial charge in [-0.25, -0.2) is 9.59 Å². The number of rotatable bonds is 7. The van der Waals surface area contributed by atoms with Crippen molar-refractivity contribution in [2.24, 2.45) is 0 Å². The number of nitrogens with one attached hydrogen (secondary N) is 2. The highest BCUT2D eigenvalue weighted by atomic mass is 16.4. The average molecular weight is 332 g/mol. The number of aliphatic carboxylic acids is 2. The van der Waals surface area contributed by atoms with Crippen molar-refractivity contribution in [2.45, 2.75) is 18.9 Å². The number of hydrogen-bond acceptors (Lipinski definition) is 5. The molecule has 0 bridgehead atoms. The molecule has 1 unspecified atom stereocenters. The molecule has 1 aromatic carbocycles. The molecule has 0 saturated heterocycles. The summed E-state index contributed by atoms with van der Waals surface area (Å²) in [6.07, 6.45) is 4.30. The summed E-state index contributed by atoms with van der Waals surface area (Å²) in [6, 6.07) is 6.04. The van der Waals surface area contributed by atoms with Crippen LogP contribution in [-0.2, 0) is 16.0 Å². The van der Waals surface area contributed by atoms with Crippen LogP contribution in [0.4, 0.5) is 0 Å². The van der Waals surface area contributed by atoms with Crippen LogP contribution in [0, 0.1) is 0 Å². The maximum Gasteiger partial charge on any atom is 0.351 e. The van der Waals surface area contributed by atoms with Crippen molar-refractivity contribution >= 4 is 11.9 Å². The zero-order chi connectivity index (χ0) is 17.5. The second kappa shape index (κ2) is 8.16. The first-order valence-electron chi connectivity index (χ1n) is 7.57. The highest BCUT2D eigenvalue weighted by molar-refractivity contribution is 5.89. The average Bonchev–Trinajstić information content (AvgIpc) is 2.56. The molecule has 0 aliphatic carbocycles. The van der Waals surface area contributed by atoms with Crippen LogP contribution in [0.2, 0.25) is 0 Å². The Morgan fingerprint density at radius 3 is 2.58 bits per heavy atom. The Morgan fingerprint density at radius 1 is 1.25 bits per heavy atom. The Bertz CT molecular complexity index is 664. The lowest BCUT2D eigenvalue weighted by Crippen LogP contribution is -2.41. The summed E-state index contributed by atoms with van der Waals surface area (Å²) >= 11 is 0. The molecule has 0 fully saturated rings. The highest BCUT2D eigenvalue weighted by Crippen LogP contribution is 2.16. The van der Waals surface area contributed by atoms with Gasteiger partial charge in [0.15, 0.2) is 0 Å². The van der Waals surface area contributed by atoms with Gasteiger partial charge in [-0.3, -0.25) is 0 Å². The van der Waals surface area contributed by atoms with E-state index in [9.17, 15) is 14.7 Å². The molecule has 0 spiro atoms. The minimum absolute atomic E-state index is 0.107. The van der Waals surface area contributed by atoms with Gasteiger partial charge in [0.05, 0.1) is 0 Å². The smallest absolute Gasteiger partial charge is 0.351 e. The highest BCUT2D eigenvalue weighted by Gasteiger charge is 2.26. The Labute approximate surface area is 139 Å². The quantitative estimate of drug-likeness (QED) is 0.470. The Kier molecular flexibility index (Phi) is 5.97. The summed E-state index contributed by atoms with van der Waals surface area (Å²) < 4.78 is 0. The van der Waals surface area contributed by atoms with Gasteiger partial charge in [0.2, 0.25) is 0 Å². The Balaban J connectivity index is 1.85. The minimum atomic E-state index is -1.17. The van der Waals surface area contributed by atoms with E-state index in [1.54, 1.807) is 18.2 Å². The van der Waals surface area contributed by atoms with Crippen LogP contribution < -0.4 is 10.6 Å². The summed E-state index contributed by atoms with van der Waals surface area (Å²) in [5.74, 6) is -2.02. The molecule has 1 aromatic rings. The van der Waals surface area contributed by atoms with Crippen molar-refractivity contribution in [3.8, 4) is 5.75 Å². The summed E-state index contributed by atoms with van der Waals surface area (Å²) in [7, 11) is 0. The lowest BCUT2D eigenvalue weighted by molar-refractivity contribution is -0.139. The zero-order valence-electron chi connectivity index (χ0n) is 13.0. The van der Waals surface area contributed by atoms with Crippen LogP contribution in [-0.4, -0.2) is 46.4 Å². The van der Waals surface area contributed by atoms with Crippen LogP contribution in [0.5, 0.6) is 5.75 Å². The van der Waals surface area contributed by atoms with E-state index >= 15 is 0 Å². The van der Waals surface area contributed by atoms with E-state index in [1.807, 2.05) is 12.1 Å². The fourth-order valence-corrected chi connectivity index (χ4v) is 2.38. The standard InChI is InChI=1S/C17H20N2O5/c20-13-3-1-11(2-4-13)5-7-18-8-6-12-9-14(16(21)22)19-15(10-12)17(23)24/h1-4,6,9,15,18-20H,5,7-8,10H2,(H,21,22)(H,23,24). The molecule has 2 rings (SSSR count). The zero-order valence-corrected chi connectivity index (χ0v) is 13.0. The van der Waals surface area contributed by atoms with Crippen LogP contribution >= 0.6 is 0 Å². The third-order valence-corrected chi connectivity index (χ3v) is 3.66. The molecule has 1 aliphatic rings. The van der Waals surface area contributed by atoms with E-state index in [1.165, 1.54) is 6.08 Å². The Hall–Kier alpha value is -2.80. The monoisotopic (exact) mass is 332 g/mol. The third kappa shape index (κ3) is 5.13. The maximum absolute atomic E-state index is 11.1. The predicted octanol–water partition coefficient (Wildman–Crippen LogP) is 0.866. The number of benzene rings is 1. The van der Waals surface area contributed by atoms with E-state index < -0.39 is 18.0 Å². The van der Waals surface area contributed by atoms with Crippen molar-refractivity contribution < 1.29 is 24.9 Å². The van der Waals surface area contributed by atoms with E-state index in [4.69, 9.17) is 10.2 Å². The molecule has 0 radical (unpaired) electrons. The molecule has 0 saturated carbocycles. The van der Waals surface area contributed by atoms with Crippen LogP contribution in [0.1, 0.15) is 12.0 Å². The minimum Gasteiger partial charge on any atom is -0.508 e. The molecule has 24 heavy (non-hydrogen) atoms. The first-order chi connectivity index (χ1) is 11.5. The number of phenols is 1. The van der Waals surface area contributed by atoms with Crippen molar-refractivity contribution in [1.29, 1.82) is 0 Å². The number of allylic oxidation sites excluding steroid dienone is 1. The number of aromatic hydroxyl groups is 1. The van der Waals surface area contributed by atoms with Gasteiger partial charge in [0.1, 0.15) is 17.5 Å². The van der Waals surface area contributed by atoms with Crippen LogP contribution in [0.3, 0.4) is 0 Å². The third-order valence-electron chi connectivity index (χ3n) is 3.66. The summed E-state index contributed by atoms with van der Waals surface area (Å²) in [5, 5.41) is 33.0. The molecule has 7 heteroatoms. The van der Waals surface area contributed by atoms with Crippen molar-refractivity contribution in [2.75, 3.05) is 13.1 Å². The molecule has 0 aromatic heterocycles. The SMILES string of the molecule is O=C(O)C1=CC(=CCNCCc2ccc(O)cc2)CC(C(=O)O)N1. The van der Waals surface area contributed by atoms with Gasteiger partial charge in [0.25, 0.3) is 0 Å². The first-order valence-corrected chi connectivity index (χ1v) is 7.57. The molecular formula is C17H20N2O5. The second-order valence-corrected chi connectivity index (χ2v) is 5.50. The number of carbonyl (C=O) groups is 2. The van der Waals surface area contributed by atoms with E-state index in [0.717, 1.165) is 12.0 Å². The molecule has 1 heterocycles. The molecule has 1 aliphatic heterocycles. The fraction of sp³-hybridized carbons (Fsp3) is 0.294. The molecule has 128 valence electrons. The van der Waals surface area contributed by atoms with Gasteiger partial charge in [-0.1, -0.05) is 18.2 Å². The van der Waals surface area contributed by atoms with Gasteiger partial charge in [-0.15, -0.1) is 0 Å². The summed E-state index contributed by atoms with van der Waals surface area (Å²) in [6.45, 7) is 1.23. The van der Waals surface area contributed by atoms with Gasteiger partial charge in [0, 0.05) is 13.0 Å². The van der Waals surface area contributed by atoms with E-state index in [0.29, 0.717) is 18.7 Å². The van der Waals surface area contributed by atoms with Gasteiger partial charge >= 0.3 is 11.9 Å². The maximum atomic E-state index is 11.1. The largest absolute Gasteiger partial charge is 0.508 e. The topological polar surface area (TPSA) is 119 Å². The Morgan fingerprint density at radius 2 is 1.96 bits per heavy atom. The van der Waals surface area contributed by atoms with Crippen molar-refractivity contribution in [3.63, 3.8) is 0 Å².